The number of benzene rings is 2. The standard InChI is InChI=1S/C18H19N5/c1-12-9-13(2)16(14(3)10-12)22-18-20-11-19-17(23-18)21-15-7-5-4-6-8-15/h4-11H,1-3H3,(H2,19,20,21,22,23). The van der Waals surface area contributed by atoms with Gasteiger partial charge in [0.15, 0.2) is 0 Å². The van der Waals surface area contributed by atoms with E-state index in [2.05, 4.69) is 58.5 Å². The number of aromatic nitrogens is 3. The summed E-state index contributed by atoms with van der Waals surface area (Å²) in [6.07, 6.45) is 1.50. The number of nitrogens with zero attached hydrogens (tertiary/aromatic N) is 3. The normalized spacial score (nSPS) is 10.4. The number of hydrogen-bond acceptors (Lipinski definition) is 5. The fourth-order valence-electron chi connectivity index (χ4n) is 2.56. The molecule has 0 amide bonds. The third-order valence-corrected chi connectivity index (χ3v) is 3.52. The zero-order valence-electron chi connectivity index (χ0n) is 13.5. The second-order valence-corrected chi connectivity index (χ2v) is 5.52. The predicted octanol–water partition coefficient (Wildman–Crippen LogP) is 4.28. The largest absolute Gasteiger partial charge is 0.324 e. The van der Waals surface area contributed by atoms with Crippen LogP contribution in [-0.2, 0) is 0 Å². The van der Waals surface area contributed by atoms with E-state index in [0.717, 1.165) is 11.4 Å². The molecule has 5 heteroatoms. The van der Waals surface area contributed by atoms with Crippen LogP contribution < -0.4 is 10.6 Å². The van der Waals surface area contributed by atoms with Gasteiger partial charge < -0.3 is 10.6 Å². The Labute approximate surface area is 135 Å². The van der Waals surface area contributed by atoms with Crippen LogP contribution >= 0.6 is 0 Å². The molecule has 0 saturated heterocycles. The van der Waals surface area contributed by atoms with Crippen molar-refractivity contribution in [2.24, 2.45) is 0 Å². The molecule has 0 fully saturated rings. The molecular formula is C18H19N5. The highest BCUT2D eigenvalue weighted by Crippen LogP contribution is 2.24. The summed E-state index contributed by atoms with van der Waals surface area (Å²) in [5.41, 5.74) is 5.55. The molecule has 0 spiro atoms. The number of anilines is 4. The van der Waals surface area contributed by atoms with Gasteiger partial charge in [0.2, 0.25) is 11.9 Å². The first kappa shape index (κ1) is 15.0. The van der Waals surface area contributed by atoms with Crippen molar-refractivity contribution in [2.75, 3.05) is 10.6 Å². The summed E-state index contributed by atoms with van der Waals surface area (Å²) in [6.45, 7) is 6.24. The van der Waals surface area contributed by atoms with Gasteiger partial charge in [0.05, 0.1) is 0 Å². The molecule has 0 aliphatic rings. The summed E-state index contributed by atoms with van der Waals surface area (Å²) < 4.78 is 0. The molecule has 0 atom stereocenters. The maximum Gasteiger partial charge on any atom is 0.232 e. The van der Waals surface area contributed by atoms with Crippen molar-refractivity contribution in [2.45, 2.75) is 20.8 Å². The molecule has 0 aliphatic heterocycles. The predicted molar refractivity (Wildman–Crippen MR) is 93.5 cm³/mol. The maximum absolute atomic E-state index is 4.42. The molecule has 0 unspecified atom stereocenters. The first-order chi connectivity index (χ1) is 11.1. The fraction of sp³-hybridized carbons (Fsp3) is 0.167. The minimum Gasteiger partial charge on any atom is -0.324 e. The van der Waals surface area contributed by atoms with Crippen LogP contribution in [0.15, 0.2) is 48.8 Å². The van der Waals surface area contributed by atoms with Crippen molar-refractivity contribution in [1.29, 1.82) is 0 Å². The minimum absolute atomic E-state index is 0.510. The van der Waals surface area contributed by atoms with E-state index in [1.807, 2.05) is 30.3 Å². The van der Waals surface area contributed by atoms with Gasteiger partial charge in [-0.2, -0.15) is 4.98 Å². The van der Waals surface area contributed by atoms with Crippen LogP contribution in [0.1, 0.15) is 16.7 Å². The number of nitrogens with one attached hydrogen (secondary N) is 2. The van der Waals surface area contributed by atoms with Crippen LogP contribution in [0.5, 0.6) is 0 Å². The van der Waals surface area contributed by atoms with Crippen LogP contribution in [0, 0.1) is 20.8 Å². The van der Waals surface area contributed by atoms with Crippen molar-refractivity contribution in [3.8, 4) is 0 Å². The van der Waals surface area contributed by atoms with E-state index in [9.17, 15) is 0 Å². The van der Waals surface area contributed by atoms with E-state index in [4.69, 9.17) is 0 Å². The summed E-state index contributed by atoms with van der Waals surface area (Å²) in [7, 11) is 0. The van der Waals surface area contributed by atoms with Gasteiger partial charge in [-0.05, 0) is 44.0 Å². The average Bonchev–Trinajstić information content (AvgIpc) is 2.52. The van der Waals surface area contributed by atoms with E-state index in [1.54, 1.807) is 0 Å². The Morgan fingerprint density at radius 3 is 2.04 bits per heavy atom. The van der Waals surface area contributed by atoms with Gasteiger partial charge in [-0.15, -0.1) is 0 Å². The van der Waals surface area contributed by atoms with Crippen molar-refractivity contribution in [3.63, 3.8) is 0 Å². The summed E-state index contributed by atoms with van der Waals surface area (Å²) in [5, 5.41) is 6.46. The van der Waals surface area contributed by atoms with E-state index >= 15 is 0 Å². The Kier molecular flexibility index (Phi) is 4.19. The molecule has 2 N–H and O–H groups in total. The highest BCUT2D eigenvalue weighted by Gasteiger charge is 2.07. The first-order valence-electron chi connectivity index (χ1n) is 7.48. The quantitative estimate of drug-likeness (QED) is 0.753. The third kappa shape index (κ3) is 3.63. The lowest BCUT2D eigenvalue weighted by atomic mass is 10.1. The summed E-state index contributed by atoms with van der Waals surface area (Å²) >= 11 is 0. The SMILES string of the molecule is Cc1cc(C)c(Nc2ncnc(Nc3ccccc3)n2)c(C)c1. The van der Waals surface area contributed by atoms with Gasteiger partial charge in [0.1, 0.15) is 6.33 Å². The summed E-state index contributed by atoms with van der Waals surface area (Å²) in [6, 6.07) is 14.1. The van der Waals surface area contributed by atoms with Crippen molar-refractivity contribution >= 4 is 23.3 Å². The van der Waals surface area contributed by atoms with Crippen LogP contribution in [0.25, 0.3) is 0 Å². The van der Waals surface area contributed by atoms with Gasteiger partial charge >= 0.3 is 0 Å². The second-order valence-electron chi connectivity index (χ2n) is 5.52. The smallest absolute Gasteiger partial charge is 0.232 e. The van der Waals surface area contributed by atoms with Crippen molar-refractivity contribution < 1.29 is 0 Å². The number of rotatable bonds is 4. The molecule has 23 heavy (non-hydrogen) atoms. The molecule has 0 saturated carbocycles. The van der Waals surface area contributed by atoms with Gasteiger partial charge in [-0.3, -0.25) is 0 Å². The lowest BCUT2D eigenvalue weighted by molar-refractivity contribution is 1.06. The van der Waals surface area contributed by atoms with Crippen molar-refractivity contribution in [1.82, 2.24) is 15.0 Å². The van der Waals surface area contributed by atoms with Gasteiger partial charge in [-0.1, -0.05) is 35.9 Å². The molecule has 0 bridgehead atoms. The molecule has 3 rings (SSSR count). The molecule has 2 aromatic carbocycles. The highest BCUT2D eigenvalue weighted by atomic mass is 15.2. The fourth-order valence-corrected chi connectivity index (χ4v) is 2.56. The Morgan fingerprint density at radius 2 is 1.39 bits per heavy atom. The average molecular weight is 305 g/mol. The number of para-hydroxylation sites is 1. The Bertz CT molecular complexity index is 792. The Balaban J connectivity index is 1.83. The highest BCUT2D eigenvalue weighted by molar-refractivity contribution is 5.64. The lowest BCUT2D eigenvalue weighted by Gasteiger charge is -2.13. The molecule has 0 radical (unpaired) electrons. The van der Waals surface area contributed by atoms with Gasteiger partial charge in [0, 0.05) is 11.4 Å². The topological polar surface area (TPSA) is 62.7 Å². The van der Waals surface area contributed by atoms with E-state index < -0.39 is 0 Å². The molecule has 116 valence electrons. The van der Waals surface area contributed by atoms with Gasteiger partial charge in [0.25, 0.3) is 0 Å². The molecule has 1 heterocycles. The molecule has 1 aromatic heterocycles. The lowest BCUT2D eigenvalue weighted by Crippen LogP contribution is -2.04. The third-order valence-electron chi connectivity index (χ3n) is 3.52. The van der Waals surface area contributed by atoms with E-state index in [1.165, 1.54) is 23.0 Å². The number of hydrogen-bond donors (Lipinski definition) is 2. The van der Waals surface area contributed by atoms with E-state index in [-0.39, 0.29) is 0 Å². The van der Waals surface area contributed by atoms with Gasteiger partial charge in [-0.25, -0.2) is 9.97 Å². The minimum atomic E-state index is 0.510. The van der Waals surface area contributed by atoms with Crippen LogP contribution in [0.3, 0.4) is 0 Å². The summed E-state index contributed by atoms with van der Waals surface area (Å²) in [4.78, 5) is 12.8. The second kappa shape index (κ2) is 6.44. The van der Waals surface area contributed by atoms with Crippen LogP contribution in [0.4, 0.5) is 23.3 Å². The monoisotopic (exact) mass is 305 g/mol. The molecular weight excluding hydrogens is 286 g/mol. The van der Waals surface area contributed by atoms with Crippen molar-refractivity contribution in [3.05, 3.63) is 65.5 Å². The first-order valence-corrected chi connectivity index (χ1v) is 7.48. The molecule has 3 aromatic rings. The maximum atomic E-state index is 4.42. The zero-order chi connectivity index (χ0) is 16.2. The Morgan fingerprint density at radius 1 is 0.783 bits per heavy atom. The van der Waals surface area contributed by atoms with Crippen LogP contribution in [-0.4, -0.2) is 15.0 Å². The molecule has 5 nitrogen and oxygen atoms in total. The molecule has 0 aliphatic carbocycles. The van der Waals surface area contributed by atoms with Crippen LogP contribution in [0.2, 0.25) is 0 Å². The van der Waals surface area contributed by atoms with E-state index in [0.29, 0.717) is 11.9 Å². The Hall–Kier alpha value is -2.95. The zero-order valence-corrected chi connectivity index (χ0v) is 13.5. The number of aryl methyl sites for hydroxylation is 3. The summed E-state index contributed by atoms with van der Waals surface area (Å²) in [5.74, 6) is 1.03.